The molecule has 1 aliphatic carbocycles. The van der Waals surface area contributed by atoms with E-state index in [0.29, 0.717) is 12.0 Å². The van der Waals surface area contributed by atoms with Crippen molar-refractivity contribution in [2.45, 2.75) is 66.3 Å². The highest BCUT2D eigenvalue weighted by molar-refractivity contribution is 5.81. The molecule has 0 saturated carbocycles. The minimum atomic E-state index is -0.00395. The Hall–Kier alpha value is -1.12. The second-order valence-corrected chi connectivity index (χ2v) is 8.10. The maximum absolute atomic E-state index is 5.74. The lowest BCUT2D eigenvalue weighted by Gasteiger charge is -2.35. The molecule has 0 aliphatic heterocycles. The Morgan fingerprint density at radius 1 is 1.08 bits per heavy atom. The number of fused-ring (bicyclic) bond motifs is 1. The van der Waals surface area contributed by atoms with Crippen molar-refractivity contribution in [3.63, 3.8) is 0 Å². The molecule has 1 aliphatic rings. The zero-order chi connectivity index (χ0) is 18.1. The van der Waals surface area contributed by atoms with Gasteiger partial charge in [0.1, 0.15) is 0 Å². The van der Waals surface area contributed by atoms with Crippen molar-refractivity contribution in [1.29, 1.82) is 0 Å². The number of nitrogens with one attached hydrogen (secondary N) is 1. The molecule has 2 unspecified atom stereocenters. The fraction of sp³-hybridized carbons (Fsp3) is 0.636. The van der Waals surface area contributed by atoms with Gasteiger partial charge in [0.05, 0.1) is 6.61 Å². The Bertz CT molecular complexity index is 629. The summed E-state index contributed by atoms with van der Waals surface area (Å²) < 4.78 is 5.74. The lowest BCUT2D eigenvalue weighted by Crippen LogP contribution is -2.40. The van der Waals surface area contributed by atoms with Gasteiger partial charge in [-0.25, -0.2) is 0 Å². The van der Waals surface area contributed by atoms with Crippen LogP contribution in [-0.4, -0.2) is 26.3 Å². The minimum Gasteiger partial charge on any atom is -0.383 e. The third-order valence-electron chi connectivity index (χ3n) is 5.83. The van der Waals surface area contributed by atoms with Crippen LogP contribution in [0.3, 0.4) is 0 Å². The van der Waals surface area contributed by atoms with Gasteiger partial charge in [0.2, 0.25) is 0 Å². The summed E-state index contributed by atoms with van der Waals surface area (Å²) in [5.41, 5.74) is 8.63. The van der Waals surface area contributed by atoms with E-state index >= 15 is 0 Å². The number of hydrogen-bond donors (Lipinski definition) is 1. The van der Waals surface area contributed by atoms with Gasteiger partial charge in [-0.1, -0.05) is 31.6 Å². The van der Waals surface area contributed by atoms with Crippen molar-refractivity contribution in [1.82, 2.24) is 5.32 Å². The molecule has 24 heavy (non-hydrogen) atoms. The van der Waals surface area contributed by atoms with E-state index in [2.05, 4.69) is 65.9 Å². The van der Waals surface area contributed by atoms with Crippen molar-refractivity contribution in [2.24, 2.45) is 5.92 Å². The van der Waals surface area contributed by atoms with Gasteiger partial charge in [-0.05, 0) is 81.3 Å². The Balaban J connectivity index is 2.45. The molecule has 0 spiro atoms. The molecule has 2 atom stereocenters. The molecule has 0 bridgehead atoms. The van der Waals surface area contributed by atoms with Crippen molar-refractivity contribution in [3.05, 3.63) is 40.0 Å². The Morgan fingerprint density at radius 2 is 1.75 bits per heavy atom. The van der Waals surface area contributed by atoms with Crippen LogP contribution in [0, 0.1) is 19.8 Å². The number of benzene rings is 1. The Morgan fingerprint density at radius 3 is 2.33 bits per heavy atom. The molecule has 0 radical (unpaired) electrons. The normalized spacial score (nSPS) is 21.5. The van der Waals surface area contributed by atoms with Gasteiger partial charge in [0.25, 0.3) is 0 Å². The van der Waals surface area contributed by atoms with Gasteiger partial charge in [0, 0.05) is 18.6 Å². The molecule has 2 nitrogen and oxygen atoms in total. The maximum Gasteiger partial charge on any atom is 0.0597 e. The van der Waals surface area contributed by atoms with E-state index in [1.165, 1.54) is 33.4 Å². The molecular formula is C22H35NO. The first-order valence-corrected chi connectivity index (χ1v) is 9.26. The summed E-state index contributed by atoms with van der Waals surface area (Å²) in [6.07, 6.45) is 1.08. The fourth-order valence-corrected chi connectivity index (χ4v) is 4.23. The van der Waals surface area contributed by atoms with Gasteiger partial charge in [-0.15, -0.1) is 0 Å². The van der Waals surface area contributed by atoms with E-state index in [1.54, 1.807) is 0 Å². The van der Waals surface area contributed by atoms with Crippen LogP contribution in [0.5, 0.6) is 0 Å². The van der Waals surface area contributed by atoms with Gasteiger partial charge >= 0.3 is 0 Å². The molecule has 1 aromatic rings. The molecule has 0 heterocycles. The number of allylic oxidation sites excluding steroid dienone is 1. The van der Waals surface area contributed by atoms with Crippen LogP contribution in [0.25, 0.3) is 5.57 Å². The van der Waals surface area contributed by atoms with Crippen LogP contribution in [0.4, 0.5) is 0 Å². The minimum absolute atomic E-state index is 0.00395. The highest BCUT2D eigenvalue weighted by atomic mass is 16.5. The largest absolute Gasteiger partial charge is 0.383 e. The standard InChI is InChI=1S/C22H35NO/c1-14(2)12-23-16(4)11-22(13-24-8)19(7)18(6)21-17(5)15(3)9-10-20(21)22/h9-10,14,16,23H,11-13H2,1-8H3. The summed E-state index contributed by atoms with van der Waals surface area (Å²) in [5.74, 6) is 0.671. The quantitative estimate of drug-likeness (QED) is 0.758. The molecule has 2 rings (SSSR count). The number of methoxy groups -OCH3 is 1. The summed E-state index contributed by atoms with van der Waals surface area (Å²) in [4.78, 5) is 0. The van der Waals surface area contributed by atoms with Gasteiger partial charge in [-0.3, -0.25) is 0 Å². The van der Waals surface area contributed by atoms with Gasteiger partial charge in [0.15, 0.2) is 0 Å². The highest BCUT2D eigenvalue weighted by Gasteiger charge is 2.43. The summed E-state index contributed by atoms with van der Waals surface area (Å²) in [6, 6.07) is 5.07. The van der Waals surface area contributed by atoms with E-state index in [-0.39, 0.29) is 5.41 Å². The molecule has 0 saturated heterocycles. The number of ether oxygens (including phenoxy) is 1. The second-order valence-electron chi connectivity index (χ2n) is 8.10. The van der Waals surface area contributed by atoms with Crippen molar-refractivity contribution in [2.75, 3.05) is 20.3 Å². The number of hydrogen-bond acceptors (Lipinski definition) is 2. The van der Waals surface area contributed by atoms with Crippen LogP contribution in [0.2, 0.25) is 0 Å². The monoisotopic (exact) mass is 329 g/mol. The van der Waals surface area contributed by atoms with Crippen molar-refractivity contribution >= 4 is 5.57 Å². The van der Waals surface area contributed by atoms with Crippen molar-refractivity contribution in [3.8, 4) is 0 Å². The molecule has 1 aromatic carbocycles. The summed E-state index contributed by atoms with van der Waals surface area (Å²) in [5, 5.41) is 3.71. The molecule has 1 N–H and O–H groups in total. The predicted molar refractivity (Wildman–Crippen MR) is 105 cm³/mol. The fourth-order valence-electron chi connectivity index (χ4n) is 4.23. The smallest absolute Gasteiger partial charge is 0.0597 e. The average Bonchev–Trinajstić information content (AvgIpc) is 2.72. The summed E-state index contributed by atoms with van der Waals surface area (Å²) in [7, 11) is 1.83. The lowest BCUT2D eigenvalue weighted by molar-refractivity contribution is 0.136. The van der Waals surface area contributed by atoms with Crippen molar-refractivity contribution < 1.29 is 4.74 Å². The SMILES string of the molecule is COCC1(CC(C)NCC(C)C)C(C)=C(C)c2c1ccc(C)c2C. The molecule has 0 fully saturated rings. The van der Waals surface area contributed by atoms with Gasteiger partial charge < -0.3 is 10.1 Å². The van der Waals surface area contributed by atoms with Crippen LogP contribution in [0.1, 0.15) is 63.3 Å². The maximum atomic E-state index is 5.74. The molecule has 0 amide bonds. The van der Waals surface area contributed by atoms with Crippen LogP contribution >= 0.6 is 0 Å². The van der Waals surface area contributed by atoms with Crippen LogP contribution in [0.15, 0.2) is 17.7 Å². The zero-order valence-electron chi connectivity index (χ0n) is 16.8. The molecular weight excluding hydrogens is 294 g/mol. The van der Waals surface area contributed by atoms with Gasteiger partial charge in [-0.2, -0.15) is 0 Å². The van der Waals surface area contributed by atoms with E-state index in [0.717, 1.165) is 19.6 Å². The first-order chi connectivity index (χ1) is 11.2. The van der Waals surface area contributed by atoms with Crippen LogP contribution < -0.4 is 5.32 Å². The summed E-state index contributed by atoms with van der Waals surface area (Å²) in [6.45, 7) is 17.7. The summed E-state index contributed by atoms with van der Waals surface area (Å²) >= 11 is 0. The highest BCUT2D eigenvalue weighted by Crippen LogP contribution is 2.50. The van der Waals surface area contributed by atoms with E-state index in [1.807, 2.05) is 7.11 Å². The topological polar surface area (TPSA) is 21.3 Å². The second kappa shape index (κ2) is 7.41. The predicted octanol–water partition coefficient (Wildman–Crippen LogP) is 5.02. The van der Waals surface area contributed by atoms with E-state index < -0.39 is 0 Å². The number of aryl methyl sites for hydroxylation is 1. The molecule has 0 aromatic heterocycles. The average molecular weight is 330 g/mol. The first kappa shape index (κ1) is 19.2. The molecule has 134 valence electrons. The first-order valence-electron chi connectivity index (χ1n) is 9.26. The van der Waals surface area contributed by atoms with E-state index in [9.17, 15) is 0 Å². The van der Waals surface area contributed by atoms with Crippen LogP contribution in [-0.2, 0) is 10.2 Å². The third-order valence-corrected chi connectivity index (χ3v) is 5.83. The third kappa shape index (κ3) is 3.32. The Kier molecular flexibility index (Phi) is 5.93. The van der Waals surface area contributed by atoms with E-state index in [4.69, 9.17) is 4.74 Å². The number of rotatable bonds is 7. The zero-order valence-corrected chi connectivity index (χ0v) is 16.8. The molecule has 2 heteroatoms. The Labute approximate surface area is 148 Å². The lowest BCUT2D eigenvalue weighted by atomic mass is 9.73.